The number of likely N-dealkylation sites (N-methyl/N-ethyl adjacent to an activating group) is 1. The molecule has 0 aromatic heterocycles. The van der Waals surface area contributed by atoms with Crippen molar-refractivity contribution in [3.63, 3.8) is 0 Å². The molecule has 3 N–H and O–H groups in total. The number of carbonyl (C=O) groups excluding carboxylic acids is 1. The second-order valence-corrected chi connectivity index (χ2v) is 6.00. The van der Waals surface area contributed by atoms with Crippen LogP contribution in [0.4, 0.5) is 0 Å². The molecule has 0 spiro atoms. The molecule has 0 bridgehead atoms. The highest BCUT2D eigenvalue weighted by Gasteiger charge is 2.37. The third-order valence-electron chi connectivity index (χ3n) is 3.99. The van der Waals surface area contributed by atoms with Crippen molar-refractivity contribution in [1.82, 2.24) is 9.80 Å². The molecular weight excluding hydrogens is 266 g/mol. The summed E-state index contributed by atoms with van der Waals surface area (Å²) < 4.78 is 0. The highest BCUT2D eigenvalue weighted by Crippen LogP contribution is 2.25. The maximum Gasteiger partial charge on any atom is 0.231 e. The van der Waals surface area contributed by atoms with Crippen LogP contribution in [0.25, 0.3) is 0 Å². The molecule has 1 aromatic rings. The van der Waals surface area contributed by atoms with Crippen LogP contribution in [0.3, 0.4) is 0 Å². The fraction of sp³-hybridized carbons (Fsp3) is 0.562. The van der Waals surface area contributed by atoms with E-state index in [1.807, 2.05) is 49.3 Å². The molecule has 21 heavy (non-hydrogen) atoms. The van der Waals surface area contributed by atoms with E-state index < -0.39 is 6.10 Å². The second kappa shape index (κ2) is 7.02. The van der Waals surface area contributed by atoms with Crippen molar-refractivity contribution >= 4 is 5.91 Å². The van der Waals surface area contributed by atoms with Gasteiger partial charge in [0.25, 0.3) is 0 Å². The average Bonchev–Trinajstić information content (AvgIpc) is 2.80. The van der Waals surface area contributed by atoms with Gasteiger partial charge < -0.3 is 20.6 Å². The first kappa shape index (κ1) is 15.9. The Hall–Kier alpha value is -1.43. The minimum Gasteiger partial charge on any atom is -0.391 e. The normalized spacial score (nSPS) is 23.6. The van der Waals surface area contributed by atoms with Crippen LogP contribution in [0.1, 0.15) is 17.9 Å². The van der Waals surface area contributed by atoms with Gasteiger partial charge >= 0.3 is 0 Å². The molecule has 1 heterocycles. The molecule has 1 saturated heterocycles. The molecule has 0 radical (unpaired) electrons. The lowest BCUT2D eigenvalue weighted by molar-refractivity contribution is -0.134. The molecule has 5 heteroatoms. The number of hydrogen-bond acceptors (Lipinski definition) is 4. The topological polar surface area (TPSA) is 69.8 Å². The maximum absolute atomic E-state index is 12.8. The van der Waals surface area contributed by atoms with Crippen molar-refractivity contribution in [2.45, 2.75) is 24.5 Å². The van der Waals surface area contributed by atoms with Crippen LogP contribution in [-0.4, -0.2) is 66.7 Å². The van der Waals surface area contributed by atoms with E-state index in [2.05, 4.69) is 0 Å². The molecule has 5 nitrogen and oxygen atoms in total. The molecule has 3 atom stereocenters. The van der Waals surface area contributed by atoms with Gasteiger partial charge in [0.15, 0.2) is 0 Å². The number of likely N-dealkylation sites (tertiary alicyclic amines) is 1. The van der Waals surface area contributed by atoms with Crippen LogP contribution in [0.5, 0.6) is 0 Å². The number of nitrogens with zero attached hydrogens (tertiary/aromatic N) is 2. The van der Waals surface area contributed by atoms with Crippen molar-refractivity contribution in [2.75, 3.05) is 33.7 Å². The maximum atomic E-state index is 12.8. The first-order valence-corrected chi connectivity index (χ1v) is 7.41. The molecule has 1 aromatic carbocycles. The number of benzene rings is 1. The molecule has 3 unspecified atom stereocenters. The number of aliphatic hydroxyl groups excluding tert-OH is 1. The van der Waals surface area contributed by atoms with Crippen molar-refractivity contribution in [2.24, 2.45) is 5.73 Å². The summed E-state index contributed by atoms with van der Waals surface area (Å²) in [4.78, 5) is 16.7. The van der Waals surface area contributed by atoms with Crippen molar-refractivity contribution in [3.05, 3.63) is 35.9 Å². The van der Waals surface area contributed by atoms with Crippen LogP contribution < -0.4 is 5.73 Å². The van der Waals surface area contributed by atoms with Gasteiger partial charge in [-0.3, -0.25) is 4.79 Å². The third kappa shape index (κ3) is 3.81. The van der Waals surface area contributed by atoms with E-state index in [1.165, 1.54) is 0 Å². The summed E-state index contributed by atoms with van der Waals surface area (Å²) in [5.74, 6) is -0.312. The van der Waals surface area contributed by atoms with Gasteiger partial charge in [0.1, 0.15) is 0 Å². The Labute approximate surface area is 126 Å². The van der Waals surface area contributed by atoms with Crippen LogP contribution in [0.15, 0.2) is 30.3 Å². The standard InChI is InChI=1S/C16H25N3O2/c1-18(2)10-13-8-14(20)11-19(13)16(21)15(9-17)12-6-4-3-5-7-12/h3-7,13-15,20H,8-11,17H2,1-2H3. The van der Waals surface area contributed by atoms with E-state index in [4.69, 9.17) is 5.73 Å². The van der Waals surface area contributed by atoms with E-state index in [0.29, 0.717) is 13.0 Å². The first-order valence-electron chi connectivity index (χ1n) is 7.41. The molecular formula is C16H25N3O2. The monoisotopic (exact) mass is 291 g/mol. The Kier molecular flexibility index (Phi) is 5.33. The van der Waals surface area contributed by atoms with Gasteiger partial charge in [0, 0.05) is 25.7 Å². The van der Waals surface area contributed by atoms with Crippen LogP contribution in [0, 0.1) is 0 Å². The molecule has 1 amide bonds. The number of nitrogens with two attached hydrogens (primary N) is 1. The van der Waals surface area contributed by atoms with Gasteiger partial charge in [-0.15, -0.1) is 0 Å². The highest BCUT2D eigenvalue weighted by atomic mass is 16.3. The zero-order valence-electron chi connectivity index (χ0n) is 12.8. The summed E-state index contributed by atoms with van der Waals surface area (Å²) in [6, 6.07) is 9.69. The Balaban J connectivity index is 2.16. The summed E-state index contributed by atoms with van der Waals surface area (Å²) in [7, 11) is 3.95. The Morgan fingerprint density at radius 1 is 1.43 bits per heavy atom. The minimum absolute atomic E-state index is 0.0205. The van der Waals surface area contributed by atoms with Crippen molar-refractivity contribution < 1.29 is 9.90 Å². The van der Waals surface area contributed by atoms with Gasteiger partial charge in [-0.25, -0.2) is 0 Å². The second-order valence-electron chi connectivity index (χ2n) is 6.00. The van der Waals surface area contributed by atoms with Crippen LogP contribution in [0.2, 0.25) is 0 Å². The lowest BCUT2D eigenvalue weighted by atomic mass is 9.97. The highest BCUT2D eigenvalue weighted by molar-refractivity contribution is 5.84. The number of aliphatic hydroxyl groups is 1. The minimum atomic E-state index is -0.437. The number of amides is 1. The lowest BCUT2D eigenvalue weighted by Crippen LogP contribution is -2.45. The van der Waals surface area contributed by atoms with Gasteiger partial charge in [-0.1, -0.05) is 30.3 Å². The Morgan fingerprint density at radius 3 is 2.67 bits per heavy atom. The van der Waals surface area contributed by atoms with E-state index >= 15 is 0 Å². The molecule has 0 aliphatic carbocycles. The zero-order valence-corrected chi connectivity index (χ0v) is 12.8. The predicted octanol–water partition coefficient (Wildman–Crippen LogP) is 0.252. The fourth-order valence-electron chi connectivity index (χ4n) is 3.02. The third-order valence-corrected chi connectivity index (χ3v) is 3.99. The Morgan fingerprint density at radius 2 is 2.10 bits per heavy atom. The predicted molar refractivity (Wildman–Crippen MR) is 82.9 cm³/mol. The summed E-state index contributed by atoms with van der Waals surface area (Å²) in [6.45, 7) is 1.44. The summed E-state index contributed by atoms with van der Waals surface area (Å²) >= 11 is 0. The number of carbonyl (C=O) groups is 1. The summed E-state index contributed by atoms with van der Waals surface area (Å²) in [5, 5.41) is 9.91. The number of β-amino-alcohol motifs (C(OH)–C–C–N with tert-alkyl or cyclic N) is 1. The molecule has 1 fully saturated rings. The smallest absolute Gasteiger partial charge is 0.231 e. The van der Waals surface area contributed by atoms with Gasteiger partial charge in [-0.2, -0.15) is 0 Å². The lowest BCUT2D eigenvalue weighted by Gasteiger charge is -2.30. The van der Waals surface area contributed by atoms with Crippen LogP contribution in [-0.2, 0) is 4.79 Å². The quantitative estimate of drug-likeness (QED) is 0.816. The summed E-state index contributed by atoms with van der Waals surface area (Å²) in [5.41, 5.74) is 6.77. The van der Waals surface area contributed by atoms with Crippen LogP contribution >= 0.6 is 0 Å². The van der Waals surface area contributed by atoms with Crippen molar-refractivity contribution in [1.29, 1.82) is 0 Å². The average molecular weight is 291 g/mol. The van der Waals surface area contributed by atoms with E-state index in [9.17, 15) is 9.90 Å². The fourth-order valence-corrected chi connectivity index (χ4v) is 3.02. The van der Waals surface area contributed by atoms with Gasteiger partial charge in [0.2, 0.25) is 5.91 Å². The van der Waals surface area contributed by atoms with Gasteiger partial charge in [-0.05, 0) is 26.1 Å². The van der Waals surface area contributed by atoms with Gasteiger partial charge in [0.05, 0.1) is 12.0 Å². The summed E-state index contributed by atoms with van der Waals surface area (Å²) in [6.07, 6.45) is 0.198. The molecule has 1 aliphatic heterocycles. The van der Waals surface area contributed by atoms with E-state index in [0.717, 1.165) is 12.1 Å². The molecule has 2 rings (SSSR count). The molecule has 0 saturated carbocycles. The molecule has 116 valence electrons. The Bertz CT molecular complexity index is 464. The van der Waals surface area contributed by atoms with E-state index in [-0.39, 0.29) is 24.4 Å². The SMILES string of the molecule is CN(C)CC1CC(O)CN1C(=O)C(CN)c1ccccc1. The van der Waals surface area contributed by atoms with Crippen molar-refractivity contribution in [3.8, 4) is 0 Å². The number of hydrogen-bond donors (Lipinski definition) is 2. The number of rotatable bonds is 5. The first-order chi connectivity index (χ1) is 10.0. The van der Waals surface area contributed by atoms with E-state index in [1.54, 1.807) is 4.90 Å². The zero-order chi connectivity index (χ0) is 15.4. The molecule has 1 aliphatic rings. The largest absolute Gasteiger partial charge is 0.391 e.